The summed E-state index contributed by atoms with van der Waals surface area (Å²) in [6.07, 6.45) is 50.1. The van der Waals surface area contributed by atoms with Gasteiger partial charge in [-0.25, -0.2) is 0 Å². The summed E-state index contributed by atoms with van der Waals surface area (Å²) >= 11 is 0. The van der Waals surface area contributed by atoms with Gasteiger partial charge in [-0.05, 0) is 57.8 Å². The molecule has 204 valence electrons. The van der Waals surface area contributed by atoms with Gasteiger partial charge in [0.2, 0.25) is 0 Å². The highest BCUT2D eigenvalue weighted by atomic mass is 16.4. The van der Waals surface area contributed by atoms with Gasteiger partial charge in [-0.15, -0.1) is 0 Å². The van der Waals surface area contributed by atoms with E-state index in [-0.39, 0.29) is 0 Å². The molecule has 0 bridgehead atoms. The third kappa shape index (κ3) is 31.9. The third-order valence-corrected chi connectivity index (χ3v) is 6.11. The minimum absolute atomic E-state index is 0.333. The Bertz CT molecular complexity index is 634. The molecule has 0 amide bonds. The molecule has 0 saturated heterocycles. The van der Waals surface area contributed by atoms with Gasteiger partial charge in [-0.3, -0.25) is 4.79 Å². The average Bonchev–Trinajstić information content (AvgIpc) is 2.87. The van der Waals surface area contributed by atoms with Gasteiger partial charge in [0, 0.05) is 6.42 Å². The SMILES string of the molecule is CC/C=C\C/C=C\C/C=C\C/C=C\C/C=C/C/C=C\CCCCCCCCCCCCCCC(=O)O. The van der Waals surface area contributed by atoms with E-state index in [2.05, 4.69) is 79.8 Å². The van der Waals surface area contributed by atoms with Crippen LogP contribution in [-0.2, 0) is 4.79 Å². The normalized spacial score (nSPS) is 12.7. The highest BCUT2D eigenvalue weighted by molar-refractivity contribution is 5.66. The van der Waals surface area contributed by atoms with Crippen LogP contribution in [0.15, 0.2) is 72.9 Å². The number of carbonyl (C=O) groups is 1. The zero-order valence-corrected chi connectivity index (χ0v) is 23.4. The monoisotopic (exact) mass is 496 g/mol. The number of hydrogen-bond donors (Lipinski definition) is 1. The van der Waals surface area contributed by atoms with Crippen molar-refractivity contribution >= 4 is 5.97 Å². The second kappa shape index (κ2) is 30.9. The van der Waals surface area contributed by atoms with E-state index in [1.807, 2.05) is 0 Å². The summed E-state index contributed by atoms with van der Waals surface area (Å²) in [6, 6.07) is 0. The number of allylic oxidation sites excluding steroid dienone is 12. The number of carboxylic acid groups (broad SMARTS) is 1. The van der Waals surface area contributed by atoms with Crippen molar-refractivity contribution in [2.24, 2.45) is 0 Å². The van der Waals surface area contributed by atoms with Crippen LogP contribution in [0.5, 0.6) is 0 Å². The largest absolute Gasteiger partial charge is 0.481 e. The summed E-state index contributed by atoms with van der Waals surface area (Å²) in [5.41, 5.74) is 0. The van der Waals surface area contributed by atoms with Crippen LogP contribution < -0.4 is 0 Å². The Morgan fingerprint density at radius 2 is 0.750 bits per heavy atom. The van der Waals surface area contributed by atoms with E-state index in [1.165, 1.54) is 70.6 Å². The smallest absolute Gasteiger partial charge is 0.303 e. The van der Waals surface area contributed by atoms with Crippen LogP contribution in [-0.4, -0.2) is 11.1 Å². The van der Waals surface area contributed by atoms with Crippen LogP contribution in [0.25, 0.3) is 0 Å². The van der Waals surface area contributed by atoms with Crippen molar-refractivity contribution in [1.82, 2.24) is 0 Å². The molecule has 0 heterocycles. The molecule has 2 nitrogen and oxygen atoms in total. The molecular weight excluding hydrogens is 440 g/mol. The predicted molar refractivity (Wildman–Crippen MR) is 160 cm³/mol. The van der Waals surface area contributed by atoms with Crippen molar-refractivity contribution in [3.63, 3.8) is 0 Å². The molecule has 0 rings (SSSR count). The second-order valence-corrected chi connectivity index (χ2v) is 9.59. The second-order valence-electron chi connectivity index (χ2n) is 9.59. The molecule has 0 fully saturated rings. The first-order chi connectivity index (χ1) is 17.8. The van der Waals surface area contributed by atoms with Crippen LogP contribution in [0.2, 0.25) is 0 Å². The van der Waals surface area contributed by atoms with Crippen molar-refractivity contribution in [3.05, 3.63) is 72.9 Å². The van der Waals surface area contributed by atoms with Gasteiger partial charge in [0.15, 0.2) is 0 Å². The number of aliphatic carboxylic acids is 1. The standard InChI is InChI=1S/C34H56O2/c1-2-3-4-5-6-7-8-9-10-11-12-13-14-15-16-17-18-19-20-21-22-23-24-25-26-27-28-29-30-31-32-33-34(35)36/h3-4,6-7,9-10,12-13,15-16,18-19H,2,5,8,11,14,17,20-33H2,1H3,(H,35,36)/b4-3-,7-6-,10-9-,13-12-,16-15+,19-18-. The fourth-order valence-electron chi connectivity index (χ4n) is 3.95. The Morgan fingerprint density at radius 3 is 1.11 bits per heavy atom. The van der Waals surface area contributed by atoms with Crippen molar-refractivity contribution in [1.29, 1.82) is 0 Å². The van der Waals surface area contributed by atoms with Gasteiger partial charge >= 0.3 is 5.97 Å². The van der Waals surface area contributed by atoms with Gasteiger partial charge in [0.1, 0.15) is 0 Å². The van der Waals surface area contributed by atoms with Crippen LogP contribution in [0, 0.1) is 0 Å². The van der Waals surface area contributed by atoms with E-state index < -0.39 is 5.97 Å². The fraction of sp³-hybridized carbons (Fsp3) is 0.618. The zero-order valence-electron chi connectivity index (χ0n) is 23.4. The maximum absolute atomic E-state index is 10.5. The summed E-state index contributed by atoms with van der Waals surface area (Å²) < 4.78 is 0. The predicted octanol–water partition coefficient (Wildman–Crippen LogP) is 11.2. The van der Waals surface area contributed by atoms with Crippen molar-refractivity contribution in [2.75, 3.05) is 0 Å². The molecule has 0 aromatic carbocycles. The average molecular weight is 497 g/mol. The minimum atomic E-state index is -0.660. The van der Waals surface area contributed by atoms with Crippen LogP contribution in [0.1, 0.15) is 135 Å². The molecule has 0 radical (unpaired) electrons. The van der Waals surface area contributed by atoms with Gasteiger partial charge in [-0.2, -0.15) is 0 Å². The van der Waals surface area contributed by atoms with E-state index in [0.29, 0.717) is 6.42 Å². The highest BCUT2D eigenvalue weighted by Gasteiger charge is 1.97. The number of unbranched alkanes of at least 4 members (excludes halogenated alkanes) is 12. The summed E-state index contributed by atoms with van der Waals surface area (Å²) in [7, 11) is 0. The fourth-order valence-corrected chi connectivity index (χ4v) is 3.95. The lowest BCUT2D eigenvalue weighted by Crippen LogP contribution is -1.93. The number of carboxylic acids is 1. The Morgan fingerprint density at radius 1 is 0.444 bits per heavy atom. The van der Waals surface area contributed by atoms with E-state index in [0.717, 1.165) is 51.4 Å². The van der Waals surface area contributed by atoms with Gasteiger partial charge < -0.3 is 5.11 Å². The molecule has 0 aliphatic heterocycles. The quantitative estimate of drug-likeness (QED) is 0.0954. The molecular formula is C34H56O2. The summed E-state index contributed by atoms with van der Waals surface area (Å²) in [6.45, 7) is 2.16. The van der Waals surface area contributed by atoms with E-state index in [4.69, 9.17) is 5.11 Å². The Hall–Kier alpha value is -2.09. The first-order valence-corrected chi connectivity index (χ1v) is 14.9. The summed E-state index contributed by atoms with van der Waals surface area (Å²) in [4.78, 5) is 10.5. The van der Waals surface area contributed by atoms with Gasteiger partial charge in [-0.1, -0.05) is 144 Å². The summed E-state index contributed by atoms with van der Waals surface area (Å²) in [5, 5.41) is 8.61. The van der Waals surface area contributed by atoms with E-state index >= 15 is 0 Å². The van der Waals surface area contributed by atoms with Gasteiger partial charge in [0.05, 0.1) is 0 Å². The van der Waals surface area contributed by atoms with Crippen LogP contribution in [0.3, 0.4) is 0 Å². The molecule has 0 unspecified atom stereocenters. The Kier molecular flexibility index (Phi) is 29.1. The first-order valence-electron chi connectivity index (χ1n) is 14.9. The maximum Gasteiger partial charge on any atom is 0.303 e. The van der Waals surface area contributed by atoms with Crippen LogP contribution >= 0.6 is 0 Å². The zero-order chi connectivity index (χ0) is 26.2. The highest BCUT2D eigenvalue weighted by Crippen LogP contribution is 2.13. The molecule has 36 heavy (non-hydrogen) atoms. The molecule has 0 aromatic rings. The molecule has 0 saturated carbocycles. The number of rotatable bonds is 26. The molecule has 0 aromatic heterocycles. The molecule has 0 spiro atoms. The van der Waals surface area contributed by atoms with Crippen molar-refractivity contribution in [3.8, 4) is 0 Å². The molecule has 0 aliphatic rings. The molecule has 0 aliphatic carbocycles. The minimum Gasteiger partial charge on any atom is -0.481 e. The third-order valence-electron chi connectivity index (χ3n) is 6.11. The lowest BCUT2D eigenvalue weighted by molar-refractivity contribution is -0.137. The molecule has 2 heteroatoms. The van der Waals surface area contributed by atoms with Crippen LogP contribution in [0.4, 0.5) is 0 Å². The topological polar surface area (TPSA) is 37.3 Å². The van der Waals surface area contributed by atoms with Crippen molar-refractivity contribution < 1.29 is 9.90 Å². The lowest BCUT2D eigenvalue weighted by Gasteiger charge is -2.02. The molecule has 0 atom stereocenters. The molecule has 1 N–H and O–H groups in total. The van der Waals surface area contributed by atoms with Gasteiger partial charge in [0.25, 0.3) is 0 Å². The van der Waals surface area contributed by atoms with E-state index in [1.54, 1.807) is 0 Å². The Labute approximate surface area is 224 Å². The van der Waals surface area contributed by atoms with Crippen molar-refractivity contribution in [2.45, 2.75) is 135 Å². The number of hydrogen-bond acceptors (Lipinski definition) is 1. The van der Waals surface area contributed by atoms with E-state index in [9.17, 15) is 4.79 Å². The lowest BCUT2D eigenvalue weighted by atomic mass is 10.0. The summed E-state index contributed by atoms with van der Waals surface area (Å²) in [5.74, 6) is -0.660. The Balaban J connectivity index is 3.33. The first kappa shape index (κ1) is 33.9. The maximum atomic E-state index is 10.5.